The molecule has 1 aromatic carbocycles. The first-order valence-corrected chi connectivity index (χ1v) is 10.0. The van der Waals surface area contributed by atoms with Gasteiger partial charge in [-0.2, -0.15) is 0 Å². The number of carbonyl (C=O) groups excluding carboxylic acids is 2. The van der Waals surface area contributed by atoms with Crippen molar-refractivity contribution in [3.8, 4) is 0 Å². The number of benzene rings is 1. The highest BCUT2D eigenvalue weighted by Gasteiger charge is 2.34. The maximum atomic E-state index is 12.8. The molecule has 1 N–H and O–H groups in total. The lowest BCUT2D eigenvalue weighted by Crippen LogP contribution is -2.21. The first-order chi connectivity index (χ1) is 13.0. The van der Waals surface area contributed by atoms with Crippen molar-refractivity contribution in [1.82, 2.24) is 4.98 Å². The molecule has 2 aliphatic carbocycles. The summed E-state index contributed by atoms with van der Waals surface area (Å²) in [5.74, 6) is 0.131. The Morgan fingerprint density at radius 1 is 1.22 bits per heavy atom. The van der Waals surface area contributed by atoms with Gasteiger partial charge in [0.15, 0.2) is 5.78 Å². The fourth-order valence-corrected chi connectivity index (χ4v) is 4.84. The summed E-state index contributed by atoms with van der Waals surface area (Å²) >= 11 is 6.33. The molecule has 0 aliphatic heterocycles. The third-order valence-corrected chi connectivity index (χ3v) is 6.42. The van der Waals surface area contributed by atoms with Gasteiger partial charge in [-0.1, -0.05) is 36.7 Å². The van der Waals surface area contributed by atoms with Crippen molar-refractivity contribution in [3.05, 3.63) is 57.4 Å². The predicted octanol–water partition coefficient (Wildman–Crippen LogP) is 5.23. The number of aromatic nitrogens is 1. The fourth-order valence-electron chi connectivity index (χ4n) is 4.55. The molecule has 4 rings (SSSR count). The molecule has 0 unspecified atom stereocenters. The number of hydrogen-bond donors (Lipinski definition) is 1. The topological polar surface area (TPSA) is 59.2 Å². The van der Waals surface area contributed by atoms with Crippen molar-refractivity contribution in [1.29, 1.82) is 0 Å². The van der Waals surface area contributed by atoms with Gasteiger partial charge in [0.25, 0.3) is 0 Å². The van der Waals surface area contributed by atoms with E-state index < -0.39 is 0 Å². The molecule has 2 aromatic rings. The Bertz CT molecular complexity index is 901. The molecule has 0 spiro atoms. The molecule has 4 nitrogen and oxygen atoms in total. The number of rotatable bonds is 3. The molecule has 0 bridgehead atoms. The first-order valence-electron chi connectivity index (χ1n) is 9.65. The Morgan fingerprint density at radius 2 is 2.00 bits per heavy atom. The number of fused-ring (bicyclic) bond motifs is 1. The summed E-state index contributed by atoms with van der Waals surface area (Å²) < 4.78 is 5.73. The zero-order valence-electron chi connectivity index (χ0n) is 15.7. The van der Waals surface area contributed by atoms with Crippen molar-refractivity contribution in [2.75, 3.05) is 0 Å². The van der Waals surface area contributed by atoms with E-state index in [1.165, 1.54) is 0 Å². The largest absolute Gasteiger partial charge is 0.457 e. The minimum Gasteiger partial charge on any atom is -0.457 e. The number of H-pyrrole nitrogens is 1. The minimum absolute atomic E-state index is 0.0236. The predicted molar refractivity (Wildman–Crippen MR) is 105 cm³/mol. The van der Waals surface area contributed by atoms with Gasteiger partial charge in [0.05, 0.1) is 0 Å². The Kier molecular flexibility index (Phi) is 4.85. The second-order valence-electron chi connectivity index (χ2n) is 7.88. The van der Waals surface area contributed by atoms with Crippen molar-refractivity contribution >= 4 is 23.4 Å². The van der Waals surface area contributed by atoms with Crippen LogP contribution in [0, 0.1) is 12.8 Å². The van der Waals surface area contributed by atoms with E-state index in [9.17, 15) is 9.59 Å². The molecule has 142 valence electrons. The average molecular weight is 386 g/mol. The summed E-state index contributed by atoms with van der Waals surface area (Å²) in [5, 5.41) is 0.678. The first kappa shape index (κ1) is 18.3. The van der Waals surface area contributed by atoms with E-state index >= 15 is 0 Å². The van der Waals surface area contributed by atoms with Gasteiger partial charge in [0, 0.05) is 22.7 Å². The van der Waals surface area contributed by atoms with Crippen LogP contribution in [0.5, 0.6) is 0 Å². The SMILES string of the molecule is Cc1c(C(=O)O[C@H]2CCC[C@@H]2C)[nH]c2c1C(=O)C[C@@H](c1ccccc1Cl)C2. The average Bonchev–Trinajstić information content (AvgIpc) is 3.19. The number of ether oxygens (including phenoxy) is 1. The lowest BCUT2D eigenvalue weighted by atomic mass is 9.81. The highest BCUT2D eigenvalue weighted by molar-refractivity contribution is 6.31. The molecule has 1 fully saturated rings. The summed E-state index contributed by atoms with van der Waals surface area (Å²) in [5.41, 5.74) is 3.59. The van der Waals surface area contributed by atoms with Gasteiger partial charge in [-0.3, -0.25) is 4.79 Å². The molecule has 1 saturated carbocycles. The number of esters is 1. The third kappa shape index (κ3) is 3.31. The third-order valence-electron chi connectivity index (χ3n) is 6.08. The van der Waals surface area contributed by atoms with Gasteiger partial charge in [0.1, 0.15) is 11.8 Å². The maximum Gasteiger partial charge on any atom is 0.355 e. The molecule has 1 aromatic heterocycles. The number of carbonyl (C=O) groups is 2. The van der Waals surface area contributed by atoms with Gasteiger partial charge < -0.3 is 9.72 Å². The highest BCUT2D eigenvalue weighted by atomic mass is 35.5. The number of halogens is 1. The number of Topliss-reactive ketones (excluding diaryl/α,β-unsaturated/α-hetero) is 1. The Labute approximate surface area is 164 Å². The van der Waals surface area contributed by atoms with E-state index in [0.29, 0.717) is 40.6 Å². The van der Waals surface area contributed by atoms with E-state index in [1.54, 1.807) is 0 Å². The summed E-state index contributed by atoms with van der Waals surface area (Å²) in [6.07, 6.45) is 4.15. The summed E-state index contributed by atoms with van der Waals surface area (Å²) in [4.78, 5) is 28.7. The van der Waals surface area contributed by atoms with Crippen LogP contribution < -0.4 is 0 Å². The lowest BCUT2D eigenvalue weighted by Gasteiger charge is -2.22. The van der Waals surface area contributed by atoms with Crippen molar-refractivity contribution < 1.29 is 14.3 Å². The molecular weight excluding hydrogens is 362 g/mol. The Hall–Kier alpha value is -2.07. The number of nitrogens with one attached hydrogen (secondary N) is 1. The number of ketones is 1. The molecule has 2 aliphatic rings. The van der Waals surface area contributed by atoms with Crippen LogP contribution in [-0.2, 0) is 11.2 Å². The standard InChI is InChI=1S/C22H24ClNO3/c1-12-6-5-9-19(12)27-22(26)21-13(2)20-17(24-21)10-14(11-18(20)25)15-7-3-4-8-16(15)23/h3-4,7-8,12,14,19,24H,5-6,9-11H2,1-2H3/t12-,14-,19-/m0/s1. The molecule has 1 heterocycles. The fraction of sp³-hybridized carbons (Fsp3) is 0.455. The van der Waals surface area contributed by atoms with E-state index in [-0.39, 0.29) is 23.8 Å². The molecule has 27 heavy (non-hydrogen) atoms. The van der Waals surface area contributed by atoms with E-state index in [1.807, 2.05) is 31.2 Å². The van der Waals surface area contributed by atoms with Crippen LogP contribution >= 0.6 is 11.6 Å². The molecule has 0 amide bonds. The maximum absolute atomic E-state index is 12.8. The van der Waals surface area contributed by atoms with Gasteiger partial charge in [-0.15, -0.1) is 0 Å². The van der Waals surface area contributed by atoms with Crippen LogP contribution in [0.1, 0.15) is 76.2 Å². The molecule has 0 saturated heterocycles. The highest BCUT2D eigenvalue weighted by Crippen LogP contribution is 2.38. The van der Waals surface area contributed by atoms with E-state index in [2.05, 4.69) is 11.9 Å². The van der Waals surface area contributed by atoms with Crippen LogP contribution in [0.3, 0.4) is 0 Å². The zero-order valence-corrected chi connectivity index (χ0v) is 16.4. The monoisotopic (exact) mass is 385 g/mol. The van der Waals surface area contributed by atoms with Crippen molar-refractivity contribution in [2.45, 2.75) is 58.0 Å². The smallest absolute Gasteiger partial charge is 0.355 e. The molecule has 5 heteroatoms. The Balaban J connectivity index is 1.60. The number of hydrogen-bond acceptors (Lipinski definition) is 3. The van der Waals surface area contributed by atoms with Crippen LogP contribution in [0.2, 0.25) is 5.02 Å². The van der Waals surface area contributed by atoms with Gasteiger partial charge in [-0.25, -0.2) is 4.79 Å². The lowest BCUT2D eigenvalue weighted by molar-refractivity contribution is 0.0219. The van der Waals surface area contributed by atoms with E-state index in [4.69, 9.17) is 16.3 Å². The molecule has 0 radical (unpaired) electrons. The van der Waals surface area contributed by atoms with Crippen molar-refractivity contribution in [2.24, 2.45) is 5.92 Å². The van der Waals surface area contributed by atoms with Crippen LogP contribution in [0.15, 0.2) is 24.3 Å². The molecule has 3 atom stereocenters. The van der Waals surface area contributed by atoms with Crippen LogP contribution in [0.4, 0.5) is 0 Å². The van der Waals surface area contributed by atoms with Crippen LogP contribution in [0.25, 0.3) is 0 Å². The number of aromatic amines is 1. The molecular formula is C22H24ClNO3. The minimum atomic E-state index is -0.345. The van der Waals surface area contributed by atoms with Crippen molar-refractivity contribution in [3.63, 3.8) is 0 Å². The van der Waals surface area contributed by atoms with Gasteiger partial charge >= 0.3 is 5.97 Å². The zero-order chi connectivity index (χ0) is 19.1. The summed E-state index contributed by atoms with van der Waals surface area (Å²) in [6, 6.07) is 7.64. The second kappa shape index (κ2) is 7.16. The van der Waals surface area contributed by atoms with Crippen LogP contribution in [-0.4, -0.2) is 22.8 Å². The Morgan fingerprint density at radius 3 is 2.70 bits per heavy atom. The summed E-state index contributed by atoms with van der Waals surface area (Å²) in [6.45, 7) is 3.95. The second-order valence-corrected chi connectivity index (χ2v) is 8.29. The quantitative estimate of drug-likeness (QED) is 0.735. The van der Waals surface area contributed by atoms with Gasteiger partial charge in [-0.05, 0) is 61.6 Å². The van der Waals surface area contributed by atoms with Gasteiger partial charge in [0.2, 0.25) is 0 Å². The summed E-state index contributed by atoms with van der Waals surface area (Å²) in [7, 11) is 0. The normalized spacial score (nSPS) is 24.7. The van der Waals surface area contributed by atoms with E-state index in [0.717, 1.165) is 30.5 Å².